The average molecular weight is 493 g/mol. The molecule has 0 aliphatic carbocycles. The van der Waals surface area contributed by atoms with Crippen LogP contribution in [0.4, 0.5) is 17.6 Å². The summed E-state index contributed by atoms with van der Waals surface area (Å²) in [6.07, 6.45) is 9.46. The summed E-state index contributed by atoms with van der Waals surface area (Å²) in [5, 5.41) is 0. The average Bonchev–Trinajstić information content (AvgIpc) is 2.87. The largest absolute Gasteiger partial charge is 0.491 e. The van der Waals surface area contributed by atoms with E-state index in [0.717, 1.165) is 5.56 Å². The third-order valence-corrected chi connectivity index (χ3v) is 5.08. The number of hydrogen-bond donors (Lipinski definition) is 0. The number of allylic oxidation sites excluding steroid dienone is 9. The zero-order valence-electron chi connectivity index (χ0n) is 20.4. The van der Waals surface area contributed by atoms with E-state index < -0.39 is 29.0 Å². The van der Waals surface area contributed by atoms with E-state index in [4.69, 9.17) is 4.74 Å². The first-order valence-electron chi connectivity index (χ1n) is 11.1. The molecule has 0 aliphatic rings. The van der Waals surface area contributed by atoms with Crippen LogP contribution in [-0.4, -0.2) is 6.61 Å². The molecule has 2 rings (SSSR count). The first-order valence-corrected chi connectivity index (χ1v) is 11.1. The van der Waals surface area contributed by atoms with E-state index in [9.17, 15) is 17.6 Å². The summed E-state index contributed by atoms with van der Waals surface area (Å²) in [4.78, 5) is 0. The fourth-order valence-corrected chi connectivity index (χ4v) is 3.08. The Morgan fingerprint density at radius 2 is 1.50 bits per heavy atom. The lowest BCUT2D eigenvalue weighted by molar-refractivity contribution is 0.224. The summed E-state index contributed by atoms with van der Waals surface area (Å²) < 4.78 is 62.5. The lowest BCUT2D eigenvalue weighted by Gasteiger charge is -2.08. The molecule has 0 saturated heterocycles. The van der Waals surface area contributed by atoms with Gasteiger partial charge in [-0.25, -0.2) is 13.2 Å². The normalized spacial score (nSPS) is 12.3. The third-order valence-electron chi connectivity index (χ3n) is 5.08. The van der Waals surface area contributed by atoms with Crippen molar-refractivity contribution < 1.29 is 22.3 Å². The molecule has 0 bridgehead atoms. The highest BCUT2D eigenvalue weighted by molar-refractivity contribution is 5.69. The SMILES string of the molecule is C=C(/C=C\C(=C)C(=C)/C(F)=C(/F)C(=C)OCC)/C=C/c1ccc(-c2ccc(/C=C/C)cc2)c(F)c1F. The van der Waals surface area contributed by atoms with Gasteiger partial charge in [-0.1, -0.05) is 99.2 Å². The van der Waals surface area contributed by atoms with Crippen LogP contribution in [-0.2, 0) is 4.74 Å². The Morgan fingerprint density at radius 3 is 2.11 bits per heavy atom. The van der Waals surface area contributed by atoms with Crippen molar-refractivity contribution in [2.75, 3.05) is 6.61 Å². The van der Waals surface area contributed by atoms with Crippen LogP contribution in [0.15, 0.2) is 121 Å². The monoisotopic (exact) mass is 492 g/mol. The lowest BCUT2D eigenvalue weighted by Crippen LogP contribution is -1.95. The molecule has 0 atom stereocenters. The zero-order valence-corrected chi connectivity index (χ0v) is 20.4. The number of hydrogen-bond acceptors (Lipinski definition) is 1. The van der Waals surface area contributed by atoms with Crippen LogP contribution in [0.5, 0.6) is 0 Å². The molecule has 0 heterocycles. The molecule has 36 heavy (non-hydrogen) atoms. The molecular weight excluding hydrogens is 464 g/mol. The summed E-state index contributed by atoms with van der Waals surface area (Å²) in [7, 11) is 0. The molecule has 2 aromatic rings. The molecule has 0 amide bonds. The molecule has 0 N–H and O–H groups in total. The second-order valence-electron chi connectivity index (χ2n) is 7.68. The molecule has 186 valence electrons. The van der Waals surface area contributed by atoms with Crippen LogP contribution < -0.4 is 0 Å². The minimum Gasteiger partial charge on any atom is -0.491 e. The quantitative estimate of drug-likeness (QED) is 0.172. The van der Waals surface area contributed by atoms with Gasteiger partial charge >= 0.3 is 0 Å². The van der Waals surface area contributed by atoms with Crippen molar-refractivity contribution in [2.45, 2.75) is 13.8 Å². The second kappa shape index (κ2) is 13.1. The zero-order chi connectivity index (χ0) is 26.8. The van der Waals surface area contributed by atoms with Crippen LogP contribution >= 0.6 is 0 Å². The maximum absolute atomic E-state index is 14.7. The van der Waals surface area contributed by atoms with Crippen LogP contribution in [0.1, 0.15) is 25.0 Å². The second-order valence-corrected chi connectivity index (χ2v) is 7.68. The predicted molar refractivity (Wildman–Crippen MR) is 142 cm³/mol. The Labute approximate surface area is 210 Å². The van der Waals surface area contributed by atoms with Crippen LogP contribution in [0, 0.1) is 11.6 Å². The molecule has 0 radical (unpaired) electrons. The van der Waals surface area contributed by atoms with Crippen molar-refractivity contribution in [1.29, 1.82) is 0 Å². The molecule has 1 nitrogen and oxygen atoms in total. The van der Waals surface area contributed by atoms with Crippen LogP contribution in [0.2, 0.25) is 0 Å². The minimum atomic E-state index is -1.26. The summed E-state index contributed by atoms with van der Waals surface area (Å²) in [6, 6.07) is 10.1. The first kappa shape index (κ1) is 28.1. The van der Waals surface area contributed by atoms with Gasteiger partial charge in [0.15, 0.2) is 23.2 Å². The van der Waals surface area contributed by atoms with Gasteiger partial charge in [0.2, 0.25) is 5.83 Å². The molecule has 0 spiro atoms. The van der Waals surface area contributed by atoms with Crippen molar-refractivity contribution in [3.05, 3.63) is 144 Å². The Hall–Kier alpha value is -4.12. The van der Waals surface area contributed by atoms with Gasteiger partial charge in [0, 0.05) is 16.7 Å². The van der Waals surface area contributed by atoms with E-state index in [1.54, 1.807) is 19.1 Å². The highest BCUT2D eigenvalue weighted by Gasteiger charge is 2.15. The van der Waals surface area contributed by atoms with E-state index in [0.29, 0.717) is 11.1 Å². The number of ether oxygens (including phenoxy) is 1. The van der Waals surface area contributed by atoms with Gasteiger partial charge in [0.1, 0.15) is 0 Å². The molecule has 0 saturated carbocycles. The van der Waals surface area contributed by atoms with E-state index in [2.05, 4.69) is 26.3 Å². The lowest BCUT2D eigenvalue weighted by atomic mass is 10.0. The summed E-state index contributed by atoms with van der Waals surface area (Å²) in [5.41, 5.74) is 1.89. The maximum Gasteiger partial charge on any atom is 0.200 e. The fourth-order valence-electron chi connectivity index (χ4n) is 3.08. The van der Waals surface area contributed by atoms with Gasteiger partial charge in [-0.2, -0.15) is 4.39 Å². The number of halogens is 4. The number of rotatable bonds is 11. The third kappa shape index (κ3) is 7.19. The Bertz CT molecular complexity index is 1290. The molecular formula is C31H28F4O. The van der Waals surface area contributed by atoms with Gasteiger partial charge in [-0.15, -0.1) is 0 Å². The van der Waals surface area contributed by atoms with Gasteiger partial charge in [-0.3, -0.25) is 0 Å². The summed E-state index contributed by atoms with van der Waals surface area (Å²) >= 11 is 0. The highest BCUT2D eigenvalue weighted by Crippen LogP contribution is 2.29. The molecule has 0 aliphatic heterocycles. The first-order chi connectivity index (χ1) is 17.1. The van der Waals surface area contributed by atoms with Crippen LogP contribution in [0.3, 0.4) is 0 Å². The Morgan fingerprint density at radius 1 is 0.833 bits per heavy atom. The predicted octanol–water partition coefficient (Wildman–Crippen LogP) is 9.60. The molecule has 2 aromatic carbocycles. The highest BCUT2D eigenvalue weighted by atomic mass is 19.2. The van der Waals surface area contributed by atoms with Gasteiger partial charge < -0.3 is 4.74 Å². The van der Waals surface area contributed by atoms with Gasteiger partial charge in [0.25, 0.3) is 0 Å². The summed E-state index contributed by atoms with van der Waals surface area (Å²) in [5.74, 6) is -4.89. The van der Waals surface area contributed by atoms with Crippen molar-refractivity contribution in [3.8, 4) is 11.1 Å². The maximum atomic E-state index is 14.7. The minimum absolute atomic E-state index is 0.0325. The van der Waals surface area contributed by atoms with Crippen molar-refractivity contribution in [2.24, 2.45) is 0 Å². The molecule has 5 heteroatoms. The standard InChI is InChI=1S/C31H28F4O/c1-7-9-24-13-16-25(17-14-24)27-19-18-26(30(34)31(27)35)15-11-20(3)10-12-21(4)22(5)28(32)29(33)23(6)36-8-2/h7,9-19H,3-6,8H2,1-2H3/b9-7+,12-10-,15-11+,29-28-. The van der Waals surface area contributed by atoms with E-state index >= 15 is 0 Å². The van der Waals surface area contributed by atoms with Crippen molar-refractivity contribution in [1.82, 2.24) is 0 Å². The van der Waals surface area contributed by atoms with Gasteiger partial charge in [-0.05, 0) is 36.1 Å². The Balaban J connectivity index is 2.13. The molecule has 0 aromatic heterocycles. The summed E-state index contributed by atoms with van der Waals surface area (Å²) in [6.45, 7) is 17.9. The van der Waals surface area contributed by atoms with Crippen molar-refractivity contribution >= 4 is 12.2 Å². The molecule has 0 unspecified atom stereocenters. The molecule has 0 fully saturated rings. The van der Waals surface area contributed by atoms with E-state index in [-0.39, 0.29) is 28.9 Å². The van der Waals surface area contributed by atoms with Crippen LogP contribution in [0.25, 0.3) is 23.3 Å². The van der Waals surface area contributed by atoms with Gasteiger partial charge in [0.05, 0.1) is 6.61 Å². The van der Waals surface area contributed by atoms with E-state index in [1.807, 2.05) is 31.2 Å². The fraction of sp³-hybridized carbons (Fsp3) is 0.0968. The smallest absolute Gasteiger partial charge is 0.200 e. The Kier molecular flexibility index (Phi) is 10.2. The topological polar surface area (TPSA) is 9.23 Å². The van der Waals surface area contributed by atoms with E-state index in [1.165, 1.54) is 36.4 Å². The van der Waals surface area contributed by atoms with Crippen molar-refractivity contribution in [3.63, 3.8) is 0 Å². The number of benzene rings is 2.